The molecule has 0 bridgehead atoms. The zero-order chi connectivity index (χ0) is 14.6. The lowest BCUT2D eigenvalue weighted by atomic mass is 10.2. The van der Waals surface area contributed by atoms with Gasteiger partial charge in [-0.25, -0.2) is 13.4 Å². The molecule has 1 unspecified atom stereocenters. The Morgan fingerprint density at radius 2 is 2.25 bits per heavy atom. The summed E-state index contributed by atoms with van der Waals surface area (Å²) in [6, 6.07) is 4.16. The summed E-state index contributed by atoms with van der Waals surface area (Å²) in [7, 11) is -0.836. The van der Waals surface area contributed by atoms with Crippen LogP contribution in [0.3, 0.4) is 0 Å². The zero-order valence-corrected chi connectivity index (χ0v) is 13.0. The molecule has 20 heavy (non-hydrogen) atoms. The molecule has 5 nitrogen and oxygen atoms in total. The number of hydrogen-bond acceptors (Lipinski definition) is 5. The monoisotopic (exact) mass is 297 g/mol. The minimum Gasteiger partial charge on any atom is -0.370 e. The highest BCUT2D eigenvalue weighted by molar-refractivity contribution is 7.91. The zero-order valence-electron chi connectivity index (χ0n) is 12.2. The van der Waals surface area contributed by atoms with E-state index in [1.807, 2.05) is 25.4 Å². The summed E-state index contributed by atoms with van der Waals surface area (Å²) in [6.07, 6.45) is 3.67. The smallest absolute Gasteiger partial charge is 0.151 e. The molecule has 0 aliphatic carbocycles. The number of aromatic nitrogens is 1. The number of hydrogen-bond donors (Lipinski definition) is 1. The summed E-state index contributed by atoms with van der Waals surface area (Å²) in [6.45, 7) is 3.78. The van der Waals surface area contributed by atoms with E-state index in [0.29, 0.717) is 5.75 Å². The molecule has 0 amide bonds. The highest BCUT2D eigenvalue weighted by Crippen LogP contribution is 2.18. The molecule has 1 N–H and O–H groups in total. The van der Waals surface area contributed by atoms with Crippen LogP contribution in [0.15, 0.2) is 18.3 Å². The Morgan fingerprint density at radius 1 is 1.45 bits per heavy atom. The molecule has 1 atom stereocenters. The Balaban J connectivity index is 1.89. The topological polar surface area (TPSA) is 62.3 Å². The largest absolute Gasteiger partial charge is 0.370 e. The van der Waals surface area contributed by atoms with E-state index in [1.165, 1.54) is 0 Å². The van der Waals surface area contributed by atoms with Gasteiger partial charge >= 0.3 is 0 Å². The van der Waals surface area contributed by atoms with Crippen molar-refractivity contribution in [1.82, 2.24) is 9.88 Å². The van der Waals surface area contributed by atoms with Crippen molar-refractivity contribution in [2.45, 2.75) is 32.4 Å². The predicted octanol–water partition coefficient (Wildman–Crippen LogP) is 1.52. The third-order valence-electron chi connectivity index (χ3n) is 3.64. The molecule has 0 aromatic carbocycles. The van der Waals surface area contributed by atoms with Crippen molar-refractivity contribution in [2.75, 3.05) is 30.4 Å². The van der Waals surface area contributed by atoms with E-state index in [0.717, 1.165) is 37.3 Å². The highest BCUT2D eigenvalue weighted by Gasteiger charge is 2.30. The summed E-state index contributed by atoms with van der Waals surface area (Å²) < 4.78 is 23.0. The standard InChI is InChI=1S/C14H23N3O2S/c1-3-7-15-14-5-4-12(9-16-14)10-17(2)13-6-8-20(18,19)11-13/h4-5,9,13H,3,6-8,10-11H2,1-2H3,(H,15,16). The van der Waals surface area contributed by atoms with Gasteiger partial charge in [-0.1, -0.05) is 13.0 Å². The lowest BCUT2D eigenvalue weighted by molar-refractivity contribution is 0.253. The van der Waals surface area contributed by atoms with Crippen molar-refractivity contribution < 1.29 is 8.42 Å². The number of nitrogens with one attached hydrogen (secondary N) is 1. The second-order valence-electron chi connectivity index (χ2n) is 5.45. The van der Waals surface area contributed by atoms with Gasteiger partial charge in [-0.3, -0.25) is 4.90 Å². The van der Waals surface area contributed by atoms with Gasteiger partial charge < -0.3 is 5.32 Å². The highest BCUT2D eigenvalue weighted by atomic mass is 32.2. The van der Waals surface area contributed by atoms with E-state index in [-0.39, 0.29) is 11.8 Å². The third kappa shape index (κ3) is 4.18. The normalized spacial score (nSPS) is 21.2. The molecule has 1 aliphatic heterocycles. The molecule has 1 saturated heterocycles. The van der Waals surface area contributed by atoms with E-state index in [1.54, 1.807) is 0 Å². The van der Waals surface area contributed by atoms with Crippen molar-refractivity contribution in [1.29, 1.82) is 0 Å². The second-order valence-corrected chi connectivity index (χ2v) is 7.68. The van der Waals surface area contributed by atoms with Gasteiger partial charge in [-0.15, -0.1) is 0 Å². The van der Waals surface area contributed by atoms with Crippen LogP contribution in [0.2, 0.25) is 0 Å². The van der Waals surface area contributed by atoms with Crippen molar-refractivity contribution >= 4 is 15.7 Å². The van der Waals surface area contributed by atoms with Crippen LogP contribution in [0.25, 0.3) is 0 Å². The quantitative estimate of drug-likeness (QED) is 0.862. The lowest BCUT2D eigenvalue weighted by Crippen LogP contribution is -2.32. The molecule has 0 radical (unpaired) electrons. The van der Waals surface area contributed by atoms with Crippen LogP contribution in [-0.4, -0.2) is 49.4 Å². The number of rotatable bonds is 6. The van der Waals surface area contributed by atoms with Crippen LogP contribution in [0.1, 0.15) is 25.3 Å². The maximum atomic E-state index is 11.5. The fraction of sp³-hybridized carbons (Fsp3) is 0.643. The summed E-state index contributed by atoms with van der Waals surface area (Å²) in [5, 5.41) is 3.24. The molecule has 2 heterocycles. The second kappa shape index (κ2) is 6.54. The van der Waals surface area contributed by atoms with Crippen molar-refractivity contribution in [3.8, 4) is 0 Å². The van der Waals surface area contributed by atoms with E-state index in [9.17, 15) is 8.42 Å². The first-order chi connectivity index (χ1) is 9.50. The third-order valence-corrected chi connectivity index (χ3v) is 5.39. The van der Waals surface area contributed by atoms with Gasteiger partial charge in [-0.05, 0) is 31.5 Å². The van der Waals surface area contributed by atoms with E-state index < -0.39 is 9.84 Å². The van der Waals surface area contributed by atoms with Crippen LogP contribution in [0.4, 0.5) is 5.82 Å². The van der Waals surface area contributed by atoms with Crippen LogP contribution < -0.4 is 5.32 Å². The van der Waals surface area contributed by atoms with Crippen molar-refractivity contribution in [3.63, 3.8) is 0 Å². The van der Waals surface area contributed by atoms with Gasteiger partial charge in [0, 0.05) is 25.3 Å². The molecule has 0 saturated carbocycles. The molecule has 6 heteroatoms. The first-order valence-electron chi connectivity index (χ1n) is 7.09. The average molecular weight is 297 g/mol. The maximum absolute atomic E-state index is 11.5. The molecular formula is C14H23N3O2S. The minimum absolute atomic E-state index is 0.137. The first-order valence-corrected chi connectivity index (χ1v) is 8.92. The average Bonchev–Trinajstić information content (AvgIpc) is 2.78. The number of nitrogens with zero attached hydrogens (tertiary/aromatic N) is 2. The van der Waals surface area contributed by atoms with Crippen LogP contribution in [-0.2, 0) is 16.4 Å². The van der Waals surface area contributed by atoms with Crippen LogP contribution >= 0.6 is 0 Å². The molecule has 1 aliphatic rings. The lowest BCUT2D eigenvalue weighted by Gasteiger charge is -2.22. The maximum Gasteiger partial charge on any atom is 0.151 e. The molecule has 1 fully saturated rings. The molecule has 1 aromatic heterocycles. The van der Waals surface area contributed by atoms with Gasteiger partial charge in [0.15, 0.2) is 9.84 Å². The molecule has 0 spiro atoms. The van der Waals surface area contributed by atoms with Gasteiger partial charge in [0.1, 0.15) is 5.82 Å². The predicted molar refractivity (Wildman–Crippen MR) is 81.5 cm³/mol. The van der Waals surface area contributed by atoms with Crippen LogP contribution in [0, 0.1) is 0 Å². The Kier molecular flexibility index (Phi) is 4.99. The minimum atomic E-state index is -2.82. The SMILES string of the molecule is CCCNc1ccc(CN(C)C2CCS(=O)(=O)C2)cn1. The van der Waals surface area contributed by atoms with E-state index >= 15 is 0 Å². The fourth-order valence-corrected chi connectivity index (χ4v) is 4.22. The fourth-order valence-electron chi connectivity index (χ4n) is 2.42. The van der Waals surface area contributed by atoms with Gasteiger partial charge in [-0.2, -0.15) is 0 Å². The van der Waals surface area contributed by atoms with Gasteiger partial charge in [0.2, 0.25) is 0 Å². The summed E-state index contributed by atoms with van der Waals surface area (Å²) in [5.41, 5.74) is 1.11. The number of sulfone groups is 1. The molecular weight excluding hydrogens is 274 g/mol. The van der Waals surface area contributed by atoms with Gasteiger partial charge in [0.05, 0.1) is 11.5 Å². The number of pyridine rings is 1. The summed E-state index contributed by atoms with van der Waals surface area (Å²) >= 11 is 0. The molecule has 2 rings (SSSR count). The number of anilines is 1. The Bertz CT molecular complexity index is 528. The van der Waals surface area contributed by atoms with Crippen LogP contribution in [0.5, 0.6) is 0 Å². The van der Waals surface area contributed by atoms with E-state index in [4.69, 9.17) is 0 Å². The first kappa shape index (κ1) is 15.3. The Morgan fingerprint density at radius 3 is 2.80 bits per heavy atom. The molecule has 1 aromatic rings. The Hall–Kier alpha value is -1.14. The summed E-state index contributed by atoms with van der Waals surface area (Å²) in [4.78, 5) is 6.48. The summed E-state index contributed by atoms with van der Waals surface area (Å²) in [5.74, 6) is 1.49. The van der Waals surface area contributed by atoms with Crippen molar-refractivity contribution in [3.05, 3.63) is 23.9 Å². The van der Waals surface area contributed by atoms with Crippen molar-refractivity contribution in [2.24, 2.45) is 0 Å². The van der Waals surface area contributed by atoms with Gasteiger partial charge in [0.25, 0.3) is 0 Å². The Labute approximate surface area is 121 Å². The molecule has 112 valence electrons. The van der Waals surface area contributed by atoms with E-state index in [2.05, 4.69) is 22.1 Å².